The van der Waals surface area contributed by atoms with Gasteiger partial charge in [0, 0.05) is 18.9 Å². The lowest BCUT2D eigenvalue weighted by Crippen LogP contribution is -2.44. The maximum Gasteiger partial charge on any atom is 0.229 e. The SMILES string of the molecule is Cc1nc2ccccn2c1CC(=O)N1CCOCC1c1ccn[nH]1. The highest BCUT2D eigenvalue weighted by Crippen LogP contribution is 2.24. The van der Waals surface area contributed by atoms with Crippen molar-refractivity contribution in [1.29, 1.82) is 0 Å². The Bertz CT molecular complexity index is 855. The van der Waals surface area contributed by atoms with Gasteiger partial charge >= 0.3 is 0 Å². The first kappa shape index (κ1) is 14.9. The quantitative estimate of drug-likeness (QED) is 0.792. The number of aryl methyl sites for hydroxylation is 1. The van der Waals surface area contributed by atoms with Crippen LogP contribution in [0.2, 0.25) is 0 Å². The smallest absolute Gasteiger partial charge is 0.229 e. The van der Waals surface area contributed by atoms with Crippen LogP contribution in [-0.2, 0) is 16.0 Å². The van der Waals surface area contributed by atoms with Crippen molar-refractivity contribution in [3.63, 3.8) is 0 Å². The summed E-state index contributed by atoms with van der Waals surface area (Å²) in [5.74, 6) is 0.0756. The molecule has 0 spiro atoms. The van der Waals surface area contributed by atoms with E-state index in [1.807, 2.05) is 46.7 Å². The third-order valence-corrected chi connectivity index (χ3v) is 4.48. The number of ether oxygens (including phenoxy) is 1. The number of nitrogens with one attached hydrogen (secondary N) is 1. The standard InChI is InChI=1S/C17H19N5O2/c1-12-14(21-7-3-2-4-16(21)19-12)10-17(23)22-8-9-24-11-15(22)13-5-6-18-20-13/h2-7,15H,8-11H2,1H3,(H,18,20). The predicted octanol–water partition coefficient (Wildman–Crippen LogP) is 1.51. The fourth-order valence-electron chi connectivity index (χ4n) is 3.23. The summed E-state index contributed by atoms with van der Waals surface area (Å²) in [4.78, 5) is 19.4. The highest BCUT2D eigenvalue weighted by Gasteiger charge is 2.30. The van der Waals surface area contributed by atoms with E-state index in [2.05, 4.69) is 15.2 Å². The monoisotopic (exact) mass is 325 g/mol. The van der Waals surface area contributed by atoms with Gasteiger partial charge in [-0.15, -0.1) is 0 Å². The number of nitrogens with zero attached hydrogens (tertiary/aromatic N) is 4. The second kappa shape index (κ2) is 6.09. The average Bonchev–Trinajstić information content (AvgIpc) is 3.24. The number of pyridine rings is 1. The van der Waals surface area contributed by atoms with E-state index in [4.69, 9.17) is 4.74 Å². The number of aromatic amines is 1. The summed E-state index contributed by atoms with van der Waals surface area (Å²) in [5.41, 5.74) is 3.59. The van der Waals surface area contributed by atoms with Gasteiger partial charge in [0.25, 0.3) is 0 Å². The number of fused-ring (bicyclic) bond motifs is 1. The van der Waals surface area contributed by atoms with Crippen LogP contribution in [0.1, 0.15) is 23.1 Å². The third-order valence-electron chi connectivity index (χ3n) is 4.48. The van der Waals surface area contributed by atoms with Gasteiger partial charge in [-0.2, -0.15) is 5.10 Å². The van der Waals surface area contributed by atoms with E-state index in [1.54, 1.807) is 6.20 Å². The van der Waals surface area contributed by atoms with Crippen LogP contribution in [0.4, 0.5) is 0 Å². The van der Waals surface area contributed by atoms with Gasteiger partial charge in [0.15, 0.2) is 0 Å². The molecule has 7 nitrogen and oxygen atoms in total. The Balaban J connectivity index is 1.61. The first-order valence-electron chi connectivity index (χ1n) is 8.03. The van der Waals surface area contributed by atoms with Gasteiger partial charge in [-0.05, 0) is 25.1 Å². The van der Waals surface area contributed by atoms with Crippen molar-refractivity contribution in [2.75, 3.05) is 19.8 Å². The molecule has 3 aromatic rings. The molecule has 4 heterocycles. The highest BCUT2D eigenvalue weighted by molar-refractivity contribution is 5.79. The van der Waals surface area contributed by atoms with Crippen molar-refractivity contribution in [2.24, 2.45) is 0 Å². The van der Waals surface area contributed by atoms with E-state index in [9.17, 15) is 4.79 Å². The lowest BCUT2D eigenvalue weighted by molar-refractivity contribution is -0.139. The van der Waals surface area contributed by atoms with E-state index in [0.717, 1.165) is 22.7 Å². The van der Waals surface area contributed by atoms with Crippen LogP contribution < -0.4 is 0 Å². The summed E-state index contributed by atoms with van der Waals surface area (Å²) >= 11 is 0. The Morgan fingerprint density at radius 1 is 1.42 bits per heavy atom. The van der Waals surface area contributed by atoms with Gasteiger partial charge in [0.1, 0.15) is 5.65 Å². The summed E-state index contributed by atoms with van der Waals surface area (Å²) in [6.07, 6.45) is 3.96. The first-order chi connectivity index (χ1) is 11.7. The Labute approximate surface area is 139 Å². The number of hydrogen-bond donors (Lipinski definition) is 1. The number of carbonyl (C=O) groups is 1. The van der Waals surface area contributed by atoms with E-state index in [0.29, 0.717) is 26.2 Å². The number of aromatic nitrogens is 4. The van der Waals surface area contributed by atoms with Crippen molar-refractivity contribution in [3.8, 4) is 0 Å². The van der Waals surface area contributed by atoms with Gasteiger partial charge in [-0.3, -0.25) is 9.89 Å². The first-order valence-corrected chi connectivity index (χ1v) is 8.03. The zero-order valence-corrected chi connectivity index (χ0v) is 13.5. The van der Waals surface area contributed by atoms with Crippen LogP contribution >= 0.6 is 0 Å². The van der Waals surface area contributed by atoms with Crippen molar-refractivity contribution in [2.45, 2.75) is 19.4 Å². The number of amides is 1. The molecule has 1 aliphatic heterocycles. The summed E-state index contributed by atoms with van der Waals surface area (Å²) < 4.78 is 7.54. The molecule has 124 valence electrons. The summed E-state index contributed by atoms with van der Waals surface area (Å²) in [7, 11) is 0. The molecule has 24 heavy (non-hydrogen) atoms. The summed E-state index contributed by atoms with van der Waals surface area (Å²) in [6.45, 7) is 3.57. The number of rotatable bonds is 3. The predicted molar refractivity (Wildman–Crippen MR) is 87.5 cm³/mol. The van der Waals surface area contributed by atoms with Crippen molar-refractivity contribution in [1.82, 2.24) is 24.5 Å². The highest BCUT2D eigenvalue weighted by atomic mass is 16.5. The molecule has 1 aliphatic rings. The van der Waals surface area contributed by atoms with E-state index in [1.165, 1.54) is 0 Å². The molecule has 1 fully saturated rings. The van der Waals surface area contributed by atoms with Crippen molar-refractivity contribution < 1.29 is 9.53 Å². The van der Waals surface area contributed by atoms with Gasteiger partial charge in [0.2, 0.25) is 5.91 Å². The molecule has 4 rings (SSSR count). The minimum Gasteiger partial charge on any atom is -0.377 e. The van der Waals surface area contributed by atoms with Crippen LogP contribution in [0.3, 0.4) is 0 Å². The molecular formula is C17H19N5O2. The number of imidazole rings is 1. The van der Waals surface area contributed by atoms with Crippen LogP contribution in [0.15, 0.2) is 36.7 Å². The normalized spacial score (nSPS) is 18.2. The molecule has 0 bridgehead atoms. The van der Waals surface area contributed by atoms with Gasteiger partial charge in [0.05, 0.1) is 42.8 Å². The van der Waals surface area contributed by atoms with Crippen molar-refractivity contribution in [3.05, 3.63) is 53.7 Å². The molecule has 1 unspecified atom stereocenters. The van der Waals surface area contributed by atoms with Gasteiger partial charge < -0.3 is 14.0 Å². The topological polar surface area (TPSA) is 75.5 Å². The Kier molecular flexibility index (Phi) is 3.78. The Morgan fingerprint density at radius 2 is 2.33 bits per heavy atom. The fourth-order valence-corrected chi connectivity index (χ4v) is 3.23. The molecule has 1 amide bonds. The van der Waals surface area contributed by atoms with Crippen LogP contribution in [0, 0.1) is 6.92 Å². The minimum atomic E-state index is -0.117. The molecule has 3 aromatic heterocycles. The zero-order chi connectivity index (χ0) is 16.5. The molecule has 1 N–H and O–H groups in total. The lowest BCUT2D eigenvalue weighted by atomic mass is 10.1. The molecule has 7 heteroatoms. The zero-order valence-electron chi connectivity index (χ0n) is 13.5. The summed E-state index contributed by atoms with van der Waals surface area (Å²) in [6, 6.07) is 7.61. The van der Waals surface area contributed by atoms with E-state index in [-0.39, 0.29) is 11.9 Å². The molecule has 1 atom stereocenters. The largest absolute Gasteiger partial charge is 0.377 e. The maximum atomic E-state index is 13.0. The van der Waals surface area contributed by atoms with Crippen molar-refractivity contribution >= 4 is 11.6 Å². The van der Waals surface area contributed by atoms with E-state index >= 15 is 0 Å². The number of hydrogen-bond acceptors (Lipinski definition) is 4. The Hall–Kier alpha value is -2.67. The molecule has 0 aliphatic carbocycles. The molecular weight excluding hydrogens is 306 g/mol. The van der Waals surface area contributed by atoms with Crippen LogP contribution in [0.5, 0.6) is 0 Å². The van der Waals surface area contributed by atoms with Gasteiger partial charge in [-0.25, -0.2) is 4.98 Å². The number of morpholine rings is 1. The molecule has 0 aromatic carbocycles. The molecule has 0 radical (unpaired) electrons. The maximum absolute atomic E-state index is 13.0. The lowest BCUT2D eigenvalue weighted by Gasteiger charge is -2.35. The third kappa shape index (κ3) is 2.56. The molecule has 0 saturated carbocycles. The fraction of sp³-hybridized carbons (Fsp3) is 0.353. The number of H-pyrrole nitrogens is 1. The second-order valence-electron chi connectivity index (χ2n) is 5.94. The average molecular weight is 325 g/mol. The van der Waals surface area contributed by atoms with Crippen LogP contribution in [0.25, 0.3) is 5.65 Å². The number of carbonyl (C=O) groups excluding carboxylic acids is 1. The van der Waals surface area contributed by atoms with E-state index < -0.39 is 0 Å². The Morgan fingerprint density at radius 3 is 3.17 bits per heavy atom. The van der Waals surface area contributed by atoms with Gasteiger partial charge in [-0.1, -0.05) is 6.07 Å². The minimum absolute atomic E-state index is 0.0756. The molecule has 1 saturated heterocycles. The van der Waals surface area contributed by atoms with Crippen LogP contribution in [-0.4, -0.2) is 50.1 Å². The summed E-state index contributed by atoms with van der Waals surface area (Å²) in [5, 5.41) is 6.94. The second-order valence-corrected chi connectivity index (χ2v) is 5.94.